The van der Waals surface area contributed by atoms with Crippen molar-refractivity contribution in [2.45, 2.75) is 45.2 Å². The van der Waals surface area contributed by atoms with Gasteiger partial charge in [0.15, 0.2) is 0 Å². The average molecular weight is 300 g/mol. The molecule has 0 bridgehead atoms. The summed E-state index contributed by atoms with van der Waals surface area (Å²) in [5.74, 6) is 0.571. The van der Waals surface area contributed by atoms with Crippen LogP contribution in [0.25, 0.3) is 0 Å². The third-order valence-electron chi connectivity index (χ3n) is 3.62. The van der Waals surface area contributed by atoms with Gasteiger partial charge in [0.1, 0.15) is 5.69 Å². The molecule has 20 heavy (non-hydrogen) atoms. The van der Waals surface area contributed by atoms with E-state index in [2.05, 4.69) is 10.4 Å². The SMILES string of the molecule is COCC(C)(C)Nc1c(Cl)cnn(CC2CCC2)c1=O. The highest BCUT2D eigenvalue weighted by Gasteiger charge is 2.23. The third kappa shape index (κ3) is 3.52. The molecule has 0 unspecified atom stereocenters. The zero-order chi connectivity index (χ0) is 14.8. The molecule has 1 aromatic heterocycles. The molecule has 0 amide bonds. The minimum absolute atomic E-state index is 0.159. The summed E-state index contributed by atoms with van der Waals surface area (Å²) in [5, 5.41) is 7.66. The summed E-state index contributed by atoms with van der Waals surface area (Å²) in [7, 11) is 1.63. The fourth-order valence-corrected chi connectivity index (χ4v) is 2.54. The normalized spacial score (nSPS) is 16.0. The van der Waals surface area contributed by atoms with Crippen molar-refractivity contribution >= 4 is 17.3 Å². The number of halogens is 1. The molecule has 1 saturated carbocycles. The van der Waals surface area contributed by atoms with E-state index < -0.39 is 0 Å². The number of methoxy groups -OCH3 is 1. The molecule has 1 aliphatic rings. The number of nitrogens with zero attached hydrogens (tertiary/aromatic N) is 2. The molecule has 0 atom stereocenters. The van der Waals surface area contributed by atoms with E-state index in [9.17, 15) is 4.79 Å². The summed E-state index contributed by atoms with van der Waals surface area (Å²) < 4.78 is 6.66. The van der Waals surface area contributed by atoms with E-state index in [1.807, 2.05) is 13.8 Å². The molecule has 1 N–H and O–H groups in total. The van der Waals surface area contributed by atoms with Crippen molar-refractivity contribution in [2.24, 2.45) is 5.92 Å². The number of hydrogen-bond acceptors (Lipinski definition) is 4. The molecule has 5 nitrogen and oxygen atoms in total. The molecule has 1 aromatic rings. The van der Waals surface area contributed by atoms with Gasteiger partial charge in [0.25, 0.3) is 5.56 Å². The van der Waals surface area contributed by atoms with Gasteiger partial charge in [-0.15, -0.1) is 0 Å². The number of rotatable bonds is 6. The summed E-state index contributed by atoms with van der Waals surface area (Å²) in [5.41, 5.74) is -0.121. The van der Waals surface area contributed by atoms with Crippen molar-refractivity contribution < 1.29 is 4.74 Å². The second-order valence-electron chi connectivity index (χ2n) is 6.09. The maximum absolute atomic E-state index is 12.5. The van der Waals surface area contributed by atoms with Gasteiger partial charge in [-0.2, -0.15) is 5.10 Å². The van der Waals surface area contributed by atoms with Crippen molar-refractivity contribution in [1.29, 1.82) is 0 Å². The van der Waals surface area contributed by atoms with Gasteiger partial charge in [0.05, 0.1) is 23.4 Å². The molecular formula is C14H22ClN3O2. The lowest BCUT2D eigenvalue weighted by Gasteiger charge is -2.28. The van der Waals surface area contributed by atoms with Crippen LogP contribution in [0.4, 0.5) is 5.69 Å². The van der Waals surface area contributed by atoms with Gasteiger partial charge in [-0.1, -0.05) is 18.0 Å². The van der Waals surface area contributed by atoms with Gasteiger partial charge in [0, 0.05) is 13.7 Å². The van der Waals surface area contributed by atoms with Crippen LogP contribution in [0.5, 0.6) is 0 Å². The Hall–Kier alpha value is -1.07. The van der Waals surface area contributed by atoms with E-state index in [-0.39, 0.29) is 11.1 Å². The summed E-state index contributed by atoms with van der Waals surface area (Å²) in [6.45, 7) is 5.08. The minimum atomic E-state index is -0.368. The highest BCUT2D eigenvalue weighted by atomic mass is 35.5. The molecule has 1 aliphatic carbocycles. The zero-order valence-corrected chi connectivity index (χ0v) is 13.0. The Labute approximate surface area is 124 Å². The van der Waals surface area contributed by atoms with Crippen LogP contribution in [0.2, 0.25) is 5.02 Å². The van der Waals surface area contributed by atoms with Gasteiger partial charge in [-0.3, -0.25) is 4.79 Å². The molecule has 0 spiro atoms. The Morgan fingerprint density at radius 1 is 1.55 bits per heavy atom. The van der Waals surface area contributed by atoms with E-state index in [1.54, 1.807) is 7.11 Å². The summed E-state index contributed by atoms with van der Waals surface area (Å²) in [6, 6.07) is 0. The Morgan fingerprint density at radius 3 is 2.80 bits per heavy atom. The summed E-state index contributed by atoms with van der Waals surface area (Å²) in [6.07, 6.45) is 5.13. The van der Waals surface area contributed by atoms with Crippen molar-refractivity contribution in [3.63, 3.8) is 0 Å². The fourth-order valence-electron chi connectivity index (χ4n) is 2.37. The molecule has 6 heteroatoms. The zero-order valence-electron chi connectivity index (χ0n) is 12.3. The first-order valence-corrected chi connectivity index (χ1v) is 7.33. The van der Waals surface area contributed by atoms with Gasteiger partial charge < -0.3 is 10.1 Å². The average Bonchev–Trinajstić information content (AvgIpc) is 2.31. The molecular weight excluding hydrogens is 278 g/mol. The van der Waals surface area contributed by atoms with Crippen molar-refractivity contribution in [2.75, 3.05) is 19.0 Å². The topological polar surface area (TPSA) is 56.1 Å². The lowest BCUT2D eigenvalue weighted by molar-refractivity contribution is 0.158. The van der Waals surface area contributed by atoms with Crippen LogP contribution in [0.1, 0.15) is 33.1 Å². The van der Waals surface area contributed by atoms with E-state index in [4.69, 9.17) is 16.3 Å². The fraction of sp³-hybridized carbons (Fsp3) is 0.714. The van der Waals surface area contributed by atoms with Crippen LogP contribution in [-0.4, -0.2) is 29.0 Å². The van der Waals surface area contributed by atoms with Gasteiger partial charge in [0.2, 0.25) is 0 Å². The molecule has 112 valence electrons. The highest BCUT2D eigenvalue weighted by molar-refractivity contribution is 6.33. The second kappa shape index (κ2) is 6.14. The Balaban J connectivity index is 2.22. The Kier molecular flexibility index (Phi) is 4.70. The molecule has 1 fully saturated rings. The summed E-state index contributed by atoms with van der Waals surface area (Å²) >= 11 is 6.11. The van der Waals surface area contributed by atoms with Crippen LogP contribution in [0, 0.1) is 5.92 Å². The van der Waals surface area contributed by atoms with Gasteiger partial charge in [-0.05, 0) is 32.6 Å². The third-order valence-corrected chi connectivity index (χ3v) is 3.91. The summed E-state index contributed by atoms with van der Waals surface area (Å²) in [4.78, 5) is 12.5. The number of hydrogen-bond donors (Lipinski definition) is 1. The Bertz CT molecular complexity index is 524. The standard InChI is InChI=1S/C14H22ClN3O2/c1-14(2,9-20-3)17-12-11(15)7-16-18(13(12)19)8-10-5-4-6-10/h7,10,17H,4-6,8-9H2,1-3H3. The number of aromatic nitrogens is 2. The molecule has 2 rings (SSSR count). The molecule has 0 aromatic carbocycles. The monoisotopic (exact) mass is 299 g/mol. The predicted octanol–water partition coefficient (Wildman–Crippen LogP) is 2.53. The van der Waals surface area contributed by atoms with E-state index in [1.165, 1.54) is 30.1 Å². The first-order chi connectivity index (χ1) is 9.43. The number of anilines is 1. The van der Waals surface area contributed by atoms with E-state index >= 15 is 0 Å². The lowest BCUT2D eigenvalue weighted by Crippen LogP contribution is -2.40. The number of nitrogens with one attached hydrogen (secondary N) is 1. The van der Waals surface area contributed by atoms with Crippen LogP contribution in [0.3, 0.4) is 0 Å². The highest BCUT2D eigenvalue weighted by Crippen LogP contribution is 2.27. The van der Waals surface area contributed by atoms with Crippen LogP contribution in [-0.2, 0) is 11.3 Å². The second-order valence-corrected chi connectivity index (χ2v) is 6.50. The number of ether oxygens (including phenoxy) is 1. The van der Waals surface area contributed by atoms with Crippen molar-refractivity contribution in [1.82, 2.24) is 9.78 Å². The van der Waals surface area contributed by atoms with E-state index in [0.717, 1.165) is 0 Å². The molecule has 1 heterocycles. The quantitative estimate of drug-likeness (QED) is 0.877. The first kappa shape index (κ1) is 15.3. The molecule has 0 aliphatic heterocycles. The van der Waals surface area contributed by atoms with Gasteiger partial charge in [-0.25, -0.2) is 4.68 Å². The predicted molar refractivity (Wildman–Crippen MR) is 80.4 cm³/mol. The smallest absolute Gasteiger partial charge is 0.291 e. The van der Waals surface area contributed by atoms with E-state index in [0.29, 0.717) is 29.8 Å². The Morgan fingerprint density at radius 2 is 2.25 bits per heavy atom. The maximum atomic E-state index is 12.5. The van der Waals surface area contributed by atoms with Gasteiger partial charge >= 0.3 is 0 Å². The van der Waals surface area contributed by atoms with Crippen LogP contribution >= 0.6 is 11.6 Å². The van der Waals surface area contributed by atoms with Crippen LogP contribution < -0.4 is 10.9 Å². The molecule has 0 radical (unpaired) electrons. The minimum Gasteiger partial charge on any atom is -0.382 e. The maximum Gasteiger partial charge on any atom is 0.291 e. The first-order valence-electron chi connectivity index (χ1n) is 6.96. The van der Waals surface area contributed by atoms with Crippen LogP contribution in [0.15, 0.2) is 11.0 Å². The largest absolute Gasteiger partial charge is 0.382 e. The lowest BCUT2D eigenvalue weighted by atomic mass is 9.85. The van der Waals surface area contributed by atoms with Crippen molar-refractivity contribution in [3.05, 3.63) is 21.6 Å². The van der Waals surface area contributed by atoms with Crippen molar-refractivity contribution in [3.8, 4) is 0 Å². The molecule has 0 saturated heterocycles.